The van der Waals surface area contributed by atoms with Gasteiger partial charge in [0.25, 0.3) is 5.56 Å². The first-order valence-corrected chi connectivity index (χ1v) is 12.1. The van der Waals surface area contributed by atoms with Crippen molar-refractivity contribution in [1.29, 1.82) is 0 Å². The van der Waals surface area contributed by atoms with Crippen LogP contribution in [0.1, 0.15) is 23.7 Å². The second kappa shape index (κ2) is 8.69. The Balaban J connectivity index is 1.76. The van der Waals surface area contributed by atoms with Gasteiger partial charge in [-0.15, -0.1) is 0 Å². The van der Waals surface area contributed by atoms with Gasteiger partial charge in [-0.1, -0.05) is 54.6 Å². The number of pyridine rings is 1. The van der Waals surface area contributed by atoms with E-state index in [1.165, 1.54) is 7.11 Å². The van der Waals surface area contributed by atoms with E-state index in [9.17, 15) is 13.2 Å². The van der Waals surface area contributed by atoms with Crippen molar-refractivity contribution in [2.75, 3.05) is 13.4 Å². The Morgan fingerprint density at radius 2 is 1.77 bits per heavy atom. The number of nitrogens with one attached hydrogen (secondary N) is 1. The number of aryl methyl sites for hydroxylation is 1. The van der Waals surface area contributed by atoms with Gasteiger partial charge in [0.1, 0.15) is 0 Å². The van der Waals surface area contributed by atoms with Gasteiger partial charge < -0.3 is 9.30 Å². The highest BCUT2D eigenvalue weighted by Gasteiger charge is 2.33. The summed E-state index contributed by atoms with van der Waals surface area (Å²) in [4.78, 5) is 13.1. The second-order valence-electron chi connectivity index (χ2n) is 7.94. The highest BCUT2D eigenvalue weighted by molar-refractivity contribution is 7.88. The van der Waals surface area contributed by atoms with E-state index in [4.69, 9.17) is 4.74 Å². The molecule has 4 rings (SSSR count). The van der Waals surface area contributed by atoms with Crippen LogP contribution in [0.15, 0.2) is 71.5 Å². The molecule has 0 saturated heterocycles. The van der Waals surface area contributed by atoms with Crippen LogP contribution in [0.3, 0.4) is 0 Å². The number of ether oxygens (including phenoxy) is 1. The van der Waals surface area contributed by atoms with Crippen molar-refractivity contribution in [1.82, 2.24) is 9.29 Å². The predicted molar refractivity (Wildman–Crippen MR) is 122 cm³/mol. The number of benzene rings is 2. The molecule has 162 valence electrons. The third kappa shape index (κ3) is 4.73. The minimum Gasteiger partial charge on any atom is -0.491 e. The predicted octanol–water partition coefficient (Wildman–Crippen LogP) is 3.17. The van der Waals surface area contributed by atoms with Crippen LogP contribution in [0.4, 0.5) is 0 Å². The largest absolute Gasteiger partial charge is 0.491 e. The lowest BCUT2D eigenvalue weighted by atomic mass is 9.90. The maximum atomic E-state index is 13.1. The molecule has 0 bridgehead atoms. The Hall–Kier alpha value is -2.90. The molecule has 0 amide bonds. The molecule has 1 aromatic heterocycles. The number of hydrogen-bond acceptors (Lipinski definition) is 4. The Bertz CT molecular complexity index is 1240. The second-order valence-corrected chi connectivity index (χ2v) is 9.72. The smallest absolute Gasteiger partial charge is 0.293 e. The highest BCUT2D eigenvalue weighted by Crippen LogP contribution is 2.30. The average molecular weight is 439 g/mol. The van der Waals surface area contributed by atoms with Crippen molar-refractivity contribution in [2.45, 2.75) is 31.3 Å². The molecule has 2 heterocycles. The van der Waals surface area contributed by atoms with Gasteiger partial charge in [0.15, 0.2) is 5.75 Å². The van der Waals surface area contributed by atoms with E-state index in [2.05, 4.69) is 29.0 Å². The maximum absolute atomic E-state index is 13.1. The first kappa shape index (κ1) is 21.3. The Kier molecular flexibility index (Phi) is 5.98. The van der Waals surface area contributed by atoms with Gasteiger partial charge in [-0.05, 0) is 48.1 Å². The van der Waals surface area contributed by atoms with Crippen molar-refractivity contribution >= 4 is 10.0 Å². The van der Waals surface area contributed by atoms with E-state index in [1.54, 1.807) is 10.6 Å². The molecule has 0 fully saturated rings. The van der Waals surface area contributed by atoms with E-state index < -0.39 is 10.0 Å². The number of aromatic nitrogens is 1. The molecule has 0 radical (unpaired) electrons. The summed E-state index contributed by atoms with van der Waals surface area (Å²) in [6, 6.07) is 21.1. The van der Waals surface area contributed by atoms with Crippen LogP contribution in [0.2, 0.25) is 0 Å². The van der Waals surface area contributed by atoms with Crippen LogP contribution >= 0.6 is 0 Å². The van der Waals surface area contributed by atoms with Crippen LogP contribution in [0.25, 0.3) is 11.1 Å². The van der Waals surface area contributed by atoms with Gasteiger partial charge in [0.2, 0.25) is 10.0 Å². The average Bonchev–Trinajstić information content (AvgIpc) is 2.75. The van der Waals surface area contributed by atoms with Crippen molar-refractivity contribution < 1.29 is 13.2 Å². The topological polar surface area (TPSA) is 77.4 Å². The van der Waals surface area contributed by atoms with Crippen molar-refractivity contribution in [2.24, 2.45) is 0 Å². The Morgan fingerprint density at radius 1 is 1.03 bits per heavy atom. The number of fused-ring (bicyclic) bond motifs is 1. The molecular weight excluding hydrogens is 412 g/mol. The lowest BCUT2D eigenvalue weighted by Crippen LogP contribution is -2.48. The lowest BCUT2D eigenvalue weighted by molar-refractivity contribution is 0.306. The zero-order valence-electron chi connectivity index (χ0n) is 17.6. The molecule has 1 aliphatic rings. The molecule has 1 aliphatic heterocycles. The molecule has 31 heavy (non-hydrogen) atoms. The number of hydrogen-bond donors (Lipinski definition) is 1. The van der Waals surface area contributed by atoms with Gasteiger partial charge >= 0.3 is 0 Å². The van der Waals surface area contributed by atoms with E-state index >= 15 is 0 Å². The van der Waals surface area contributed by atoms with Crippen molar-refractivity contribution in [3.8, 4) is 16.9 Å². The summed E-state index contributed by atoms with van der Waals surface area (Å²) in [6.07, 6.45) is 2.92. The molecule has 7 heteroatoms. The highest BCUT2D eigenvalue weighted by atomic mass is 32.2. The summed E-state index contributed by atoms with van der Waals surface area (Å²) in [5.41, 5.74) is 3.89. The number of nitrogens with zero attached hydrogens (tertiary/aromatic N) is 1. The minimum atomic E-state index is -3.43. The standard InChI is InChI=1S/C24H26N2O4S/c1-30-23-14-12-20-11-13-21(25-31(2,28)29)22(26(20)24(23)27)16-17-7-6-10-19(15-17)18-8-4-3-5-9-18/h3-10,12,14-15,21-22,25H,11,13,16H2,1-2H3. The van der Waals surface area contributed by atoms with Gasteiger partial charge in [0.05, 0.1) is 19.4 Å². The fraction of sp³-hybridized carbons (Fsp3) is 0.292. The molecule has 0 spiro atoms. The zero-order valence-corrected chi connectivity index (χ0v) is 18.4. The van der Waals surface area contributed by atoms with Gasteiger partial charge in [0, 0.05) is 11.7 Å². The molecule has 6 nitrogen and oxygen atoms in total. The maximum Gasteiger partial charge on any atom is 0.293 e. The summed E-state index contributed by atoms with van der Waals surface area (Å²) >= 11 is 0. The molecule has 0 saturated carbocycles. The minimum absolute atomic E-state index is 0.232. The van der Waals surface area contributed by atoms with Crippen LogP contribution in [0, 0.1) is 0 Å². The van der Waals surface area contributed by atoms with Gasteiger partial charge in [-0.25, -0.2) is 13.1 Å². The van der Waals surface area contributed by atoms with Crippen LogP contribution in [-0.2, 0) is 22.9 Å². The molecule has 3 aromatic rings. The van der Waals surface area contributed by atoms with Crippen LogP contribution < -0.4 is 15.0 Å². The fourth-order valence-electron chi connectivity index (χ4n) is 4.37. The van der Waals surface area contributed by atoms with E-state index in [0.29, 0.717) is 19.3 Å². The summed E-state index contributed by atoms with van der Waals surface area (Å²) < 4.78 is 33.8. The van der Waals surface area contributed by atoms with Gasteiger partial charge in [-0.2, -0.15) is 0 Å². The third-order valence-electron chi connectivity index (χ3n) is 5.74. The molecule has 0 aliphatic carbocycles. The molecule has 2 aromatic carbocycles. The fourth-order valence-corrected chi connectivity index (χ4v) is 5.19. The number of sulfonamides is 1. The molecule has 1 N–H and O–H groups in total. The summed E-state index contributed by atoms with van der Waals surface area (Å²) in [7, 11) is -1.96. The quantitative estimate of drug-likeness (QED) is 0.641. The monoisotopic (exact) mass is 438 g/mol. The van der Waals surface area contributed by atoms with E-state index in [-0.39, 0.29) is 23.4 Å². The lowest BCUT2D eigenvalue weighted by Gasteiger charge is -2.35. The first-order valence-electron chi connectivity index (χ1n) is 10.3. The number of rotatable bonds is 6. The summed E-state index contributed by atoms with van der Waals surface area (Å²) in [5, 5.41) is 0. The SMILES string of the molecule is COc1ccc2n(c1=O)C(Cc1cccc(-c3ccccc3)c1)C(NS(C)(=O)=O)CC2. The van der Waals surface area contributed by atoms with Crippen LogP contribution in [-0.4, -0.2) is 32.4 Å². The molecule has 2 unspecified atom stereocenters. The van der Waals surface area contributed by atoms with Crippen molar-refractivity contribution in [3.63, 3.8) is 0 Å². The molecular formula is C24H26N2O4S. The number of methoxy groups -OCH3 is 1. The summed E-state index contributed by atoms with van der Waals surface area (Å²) in [5.74, 6) is 0.256. The summed E-state index contributed by atoms with van der Waals surface area (Å²) in [6.45, 7) is 0. The zero-order chi connectivity index (χ0) is 22.0. The van der Waals surface area contributed by atoms with E-state index in [0.717, 1.165) is 28.6 Å². The first-order chi connectivity index (χ1) is 14.9. The van der Waals surface area contributed by atoms with Crippen molar-refractivity contribution in [3.05, 3.63) is 88.3 Å². The third-order valence-corrected chi connectivity index (χ3v) is 6.47. The van der Waals surface area contributed by atoms with Gasteiger partial charge in [-0.3, -0.25) is 4.79 Å². The Morgan fingerprint density at radius 3 is 2.48 bits per heavy atom. The van der Waals surface area contributed by atoms with Crippen LogP contribution in [0.5, 0.6) is 5.75 Å². The normalized spacial score (nSPS) is 18.4. The molecule has 2 atom stereocenters. The Labute approximate surface area is 182 Å². The van der Waals surface area contributed by atoms with E-state index in [1.807, 2.05) is 36.4 Å².